The van der Waals surface area contributed by atoms with Crippen LogP contribution in [0.25, 0.3) is 0 Å². The Morgan fingerprint density at radius 2 is 1.90 bits per heavy atom. The number of nitrogens with two attached hydrogens (primary N) is 1. The minimum absolute atomic E-state index is 0.00725. The van der Waals surface area contributed by atoms with Gasteiger partial charge in [0.25, 0.3) is 0 Å². The van der Waals surface area contributed by atoms with Crippen molar-refractivity contribution in [2.75, 3.05) is 17.2 Å². The molecular weight excluding hydrogens is 266 g/mol. The monoisotopic (exact) mass is 291 g/mol. The fraction of sp³-hybridized carbons (Fsp3) is 0.500. The Kier molecular flexibility index (Phi) is 6.88. The van der Waals surface area contributed by atoms with E-state index >= 15 is 0 Å². The molecule has 1 rings (SSSR count). The molecule has 0 aromatic heterocycles. The van der Waals surface area contributed by atoms with Gasteiger partial charge in [0.1, 0.15) is 0 Å². The van der Waals surface area contributed by atoms with Gasteiger partial charge in [0, 0.05) is 24.2 Å². The van der Waals surface area contributed by atoms with Crippen molar-refractivity contribution in [3.63, 3.8) is 0 Å². The molecule has 1 aromatic carbocycles. The third-order valence-electron chi connectivity index (χ3n) is 2.99. The van der Waals surface area contributed by atoms with Gasteiger partial charge in [-0.05, 0) is 49.6 Å². The number of amides is 2. The second-order valence-corrected chi connectivity index (χ2v) is 5.62. The highest BCUT2D eigenvalue weighted by Crippen LogP contribution is 2.20. The van der Waals surface area contributed by atoms with Crippen molar-refractivity contribution >= 4 is 23.2 Å². The van der Waals surface area contributed by atoms with Crippen molar-refractivity contribution in [1.29, 1.82) is 0 Å². The molecule has 0 saturated heterocycles. The molecule has 0 aliphatic carbocycles. The van der Waals surface area contributed by atoms with Crippen molar-refractivity contribution in [3.05, 3.63) is 23.8 Å². The molecule has 4 N–H and O–H groups in total. The van der Waals surface area contributed by atoms with Crippen LogP contribution in [0.2, 0.25) is 0 Å². The first-order chi connectivity index (χ1) is 9.92. The minimum atomic E-state index is -0.0450. The molecule has 2 amide bonds. The van der Waals surface area contributed by atoms with Crippen LogP contribution >= 0.6 is 0 Å². The summed E-state index contributed by atoms with van der Waals surface area (Å²) in [6.45, 7) is 6.42. The molecule has 0 fully saturated rings. The Morgan fingerprint density at radius 3 is 2.48 bits per heavy atom. The van der Waals surface area contributed by atoms with Crippen LogP contribution in [0.3, 0.4) is 0 Å². The fourth-order valence-corrected chi connectivity index (χ4v) is 1.94. The summed E-state index contributed by atoms with van der Waals surface area (Å²) >= 11 is 0. The number of aryl methyl sites for hydroxylation is 1. The molecule has 0 heterocycles. The van der Waals surface area contributed by atoms with Gasteiger partial charge in [-0.1, -0.05) is 13.8 Å². The number of anilines is 2. The van der Waals surface area contributed by atoms with Crippen molar-refractivity contribution in [2.45, 2.75) is 40.0 Å². The van der Waals surface area contributed by atoms with Crippen molar-refractivity contribution in [2.24, 2.45) is 11.7 Å². The van der Waals surface area contributed by atoms with Gasteiger partial charge in [0.15, 0.2) is 0 Å². The molecule has 0 radical (unpaired) electrons. The summed E-state index contributed by atoms with van der Waals surface area (Å²) in [5.41, 5.74) is 7.81. The quantitative estimate of drug-likeness (QED) is 0.722. The van der Waals surface area contributed by atoms with Gasteiger partial charge in [-0.15, -0.1) is 0 Å². The number of hydrogen-bond acceptors (Lipinski definition) is 3. The summed E-state index contributed by atoms with van der Waals surface area (Å²) in [7, 11) is 0. The zero-order chi connectivity index (χ0) is 15.8. The second kappa shape index (κ2) is 8.42. The van der Waals surface area contributed by atoms with Gasteiger partial charge in [-0.3, -0.25) is 9.59 Å². The molecule has 116 valence electrons. The van der Waals surface area contributed by atoms with E-state index in [0.29, 0.717) is 31.7 Å². The molecule has 0 aliphatic heterocycles. The van der Waals surface area contributed by atoms with E-state index in [2.05, 4.69) is 10.6 Å². The second-order valence-electron chi connectivity index (χ2n) is 5.62. The standard InChI is InChI=1S/C16H25N3O2/c1-11(2)9-16(21)19-14-7-6-13(10-12(14)3)18-15(20)5-4-8-17/h6-7,10-11H,4-5,8-9,17H2,1-3H3,(H,18,20)(H,19,21). The van der Waals surface area contributed by atoms with Crippen LogP contribution in [0.4, 0.5) is 11.4 Å². The third-order valence-corrected chi connectivity index (χ3v) is 2.99. The third kappa shape index (κ3) is 6.40. The van der Waals surface area contributed by atoms with Crippen LogP contribution in [-0.4, -0.2) is 18.4 Å². The Balaban J connectivity index is 2.63. The van der Waals surface area contributed by atoms with Crippen LogP contribution in [-0.2, 0) is 9.59 Å². The average Bonchev–Trinajstić information content (AvgIpc) is 2.38. The van der Waals surface area contributed by atoms with E-state index in [1.807, 2.05) is 32.9 Å². The lowest BCUT2D eigenvalue weighted by atomic mass is 10.1. The zero-order valence-corrected chi connectivity index (χ0v) is 13.0. The summed E-state index contributed by atoms with van der Waals surface area (Å²) in [5.74, 6) is 0.288. The molecule has 21 heavy (non-hydrogen) atoms. The molecule has 1 aromatic rings. The number of carbonyl (C=O) groups excluding carboxylic acids is 2. The maximum Gasteiger partial charge on any atom is 0.224 e. The normalized spacial score (nSPS) is 10.5. The molecule has 0 aliphatic rings. The number of hydrogen-bond donors (Lipinski definition) is 3. The maximum atomic E-state index is 11.8. The summed E-state index contributed by atoms with van der Waals surface area (Å²) < 4.78 is 0. The first-order valence-electron chi connectivity index (χ1n) is 7.32. The van der Waals surface area contributed by atoms with Crippen LogP contribution < -0.4 is 16.4 Å². The van der Waals surface area contributed by atoms with Gasteiger partial charge in [0.2, 0.25) is 11.8 Å². The highest BCUT2D eigenvalue weighted by atomic mass is 16.2. The molecule has 0 spiro atoms. The lowest BCUT2D eigenvalue weighted by Crippen LogP contribution is -2.15. The Labute approximate surface area is 126 Å². The predicted octanol–water partition coefficient (Wildman–Crippen LogP) is 2.66. The molecule has 0 bridgehead atoms. The minimum Gasteiger partial charge on any atom is -0.330 e. The van der Waals surface area contributed by atoms with E-state index in [1.54, 1.807) is 6.07 Å². The Morgan fingerprint density at radius 1 is 1.19 bits per heavy atom. The van der Waals surface area contributed by atoms with Gasteiger partial charge in [-0.25, -0.2) is 0 Å². The van der Waals surface area contributed by atoms with E-state index in [9.17, 15) is 9.59 Å². The number of rotatable bonds is 7. The molecular formula is C16H25N3O2. The zero-order valence-electron chi connectivity index (χ0n) is 13.0. The number of nitrogens with one attached hydrogen (secondary N) is 2. The number of carbonyl (C=O) groups is 2. The molecule has 0 saturated carbocycles. The van der Waals surface area contributed by atoms with Crippen molar-refractivity contribution in [3.8, 4) is 0 Å². The highest BCUT2D eigenvalue weighted by molar-refractivity contribution is 5.93. The smallest absolute Gasteiger partial charge is 0.224 e. The number of benzene rings is 1. The Bertz CT molecular complexity index is 498. The summed E-state index contributed by atoms with van der Waals surface area (Å²) in [4.78, 5) is 23.4. The van der Waals surface area contributed by atoms with E-state index in [1.165, 1.54) is 0 Å². The van der Waals surface area contributed by atoms with E-state index in [4.69, 9.17) is 5.73 Å². The predicted molar refractivity (Wildman–Crippen MR) is 86.2 cm³/mol. The van der Waals surface area contributed by atoms with Crippen LogP contribution in [0, 0.1) is 12.8 Å². The van der Waals surface area contributed by atoms with E-state index in [-0.39, 0.29) is 11.8 Å². The van der Waals surface area contributed by atoms with Crippen molar-refractivity contribution < 1.29 is 9.59 Å². The SMILES string of the molecule is Cc1cc(NC(=O)CCCN)ccc1NC(=O)CC(C)C. The van der Waals surface area contributed by atoms with Gasteiger partial charge < -0.3 is 16.4 Å². The summed E-state index contributed by atoms with van der Waals surface area (Å²) in [6, 6.07) is 5.45. The average molecular weight is 291 g/mol. The largest absolute Gasteiger partial charge is 0.330 e. The Hall–Kier alpha value is -1.88. The fourth-order valence-electron chi connectivity index (χ4n) is 1.94. The van der Waals surface area contributed by atoms with Gasteiger partial charge in [0.05, 0.1) is 0 Å². The lowest BCUT2D eigenvalue weighted by molar-refractivity contribution is -0.117. The highest BCUT2D eigenvalue weighted by Gasteiger charge is 2.08. The summed E-state index contributed by atoms with van der Waals surface area (Å²) in [5, 5.41) is 5.71. The lowest BCUT2D eigenvalue weighted by Gasteiger charge is -2.12. The van der Waals surface area contributed by atoms with E-state index in [0.717, 1.165) is 16.9 Å². The van der Waals surface area contributed by atoms with Crippen LogP contribution in [0.5, 0.6) is 0 Å². The first-order valence-corrected chi connectivity index (χ1v) is 7.32. The van der Waals surface area contributed by atoms with Crippen LogP contribution in [0.1, 0.15) is 38.7 Å². The molecule has 0 atom stereocenters. The van der Waals surface area contributed by atoms with Crippen molar-refractivity contribution in [1.82, 2.24) is 0 Å². The van der Waals surface area contributed by atoms with Gasteiger partial charge >= 0.3 is 0 Å². The first kappa shape index (κ1) is 17.2. The molecule has 5 heteroatoms. The molecule has 5 nitrogen and oxygen atoms in total. The molecule has 0 unspecified atom stereocenters. The van der Waals surface area contributed by atoms with Crippen LogP contribution in [0.15, 0.2) is 18.2 Å². The maximum absolute atomic E-state index is 11.8. The van der Waals surface area contributed by atoms with Gasteiger partial charge in [-0.2, -0.15) is 0 Å². The topological polar surface area (TPSA) is 84.2 Å². The van der Waals surface area contributed by atoms with E-state index < -0.39 is 0 Å². The summed E-state index contributed by atoms with van der Waals surface area (Å²) in [6.07, 6.45) is 1.59.